The molecular formula is C29H24ClN3O4S. The van der Waals surface area contributed by atoms with Crippen molar-refractivity contribution in [2.24, 2.45) is 0 Å². The zero-order valence-corrected chi connectivity index (χ0v) is 22.0. The fourth-order valence-electron chi connectivity index (χ4n) is 3.66. The fourth-order valence-corrected chi connectivity index (χ4v) is 5.24. The molecular weight excluding hydrogens is 522 g/mol. The molecule has 0 saturated heterocycles. The molecule has 0 radical (unpaired) electrons. The minimum Gasteiger partial charge on any atom is -0.460 e. The van der Waals surface area contributed by atoms with Crippen LogP contribution in [-0.4, -0.2) is 18.6 Å². The van der Waals surface area contributed by atoms with Crippen molar-refractivity contribution >= 4 is 39.3 Å². The summed E-state index contributed by atoms with van der Waals surface area (Å²) in [5.41, 5.74) is 2.04. The first-order valence-corrected chi connectivity index (χ1v) is 13.4. The van der Waals surface area contributed by atoms with E-state index in [1.165, 1.54) is 10.4 Å². The first kappa shape index (κ1) is 26.9. The standard InChI is InChI=1S/C29H24ClN3O4S/c1-21-10-14-28(15-11-21)38(35,36)33(19-22-6-3-2-4-7-22)20-27-13-12-26(37-27)16-23(18-31)29(34)32-25-9-5-8-24(30)17-25/h2-17H,19-20H2,1H3,(H,32,34)/b23-16-. The van der Waals surface area contributed by atoms with Crippen molar-refractivity contribution in [3.8, 4) is 6.07 Å². The van der Waals surface area contributed by atoms with E-state index < -0.39 is 15.9 Å². The van der Waals surface area contributed by atoms with E-state index in [4.69, 9.17) is 16.0 Å². The van der Waals surface area contributed by atoms with Gasteiger partial charge < -0.3 is 9.73 Å². The largest absolute Gasteiger partial charge is 0.460 e. The smallest absolute Gasteiger partial charge is 0.266 e. The monoisotopic (exact) mass is 545 g/mol. The number of rotatable bonds is 9. The summed E-state index contributed by atoms with van der Waals surface area (Å²) in [6, 6.07) is 27.6. The third-order valence-electron chi connectivity index (χ3n) is 5.61. The van der Waals surface area contributed by atoms with Crippen LogP contribution < -0.4 is 5.32 Å². The van der Waals surface area contributed by atoms with Crippen molar-refractivity contribution in [1.29, 1.82) is 5.26 Å². The molecule has 1 aromatic heterocycles. The molecule has 3 aromatic carbocycles. The first-order chi connectivity index (χ1) is 18.2. The Kier molecular flexibility index (Phi) is 8.44. The van der Waals surface area contributed by atoms with Gasteiger partial charge >= 0.3 is 0 Å². The fraction of sp³-hybridized carbons (Fsp3) is 0.103. The van der Waals surface area contributed by atoms with Crippen LogP contribution in [0.5, 0.6) is 0 Å². The Morgan fingerprint density at radius 2 is 1.74 bits per heavy atom. The van der Waals surface area contributed by atoms with Gasteiger partial charge in [-0.3, -0.25) is 4.79 Å². The Morgan fingerprint density at radius 1 is 1.00 bits per heavy atom. The number of aryl methyl sites for hydroxylation is 1. The summed E-state index contributed by atoms with van der Waals surface area (Å²) in [6.07, 6.45) is 1.30. The van der Waals surface area contributed by atoms with Gasteiger partial charge in [0.15, 0.2) is 0 Å². The molecule has 0 bridgehead atoms. The van der Waals surface area contributed by atoms with Gasteiger partial charge in [-0.1, -0.05) is 65.7 Å². The molecule has 0 saturated carbocycles. The number of sulfonamides is 1. The van der Waals surface area contributed by atoms with E-state index in [-0.39, 0.29) is 29.3 Å². The normalized spacial score (nSPS) is 11.8. The minimum absolute atomic E-state index is 0.0461. The van der Waals surface area contributed by atoms with Crippen LogP contribution in [0, 0.1) is 18.3 Å². The van der Waals surface area contributed by atoms with Crippen LogP contribution >= 0.6 is 11.6 Å². The highest BCUT2D eigenvalue weighted by Crippen LogP contribution is 2.23. The number of nitrogens with one attached hydrogen (secondary N) is 1. The van der Waals surface area contributed by atoms with Crippen molar-refractivity contribution in [3.05, 3.63) is 124 Å². The van der Waals surface area contributed by atoms with Crippen molar-refractivity contribution < 1.29 is 17.6 Å². The van der Waals surface area contributed by atoms with Crippen LogP contribution in [0.25, 0.3) is 6.08 Å². The van der Waals surface area contributed by atoms with Crippen LogP contribution in [-0.2, 0) is 27.9 Å². The molecule has 7 nitrogen and oxygen atoms in total. The topological polar surface area (TPSA) is 103 Å². The van der Waals surface area contributed by atoms with Crippen molar-refractivity contribution in [3.63, 3.8) is 0 Å². The number of nitrogens with zero attached hydrogens (tertiary/aromatic N) is 2. The first-order valence-electron chi connectivity index (χ1n) is 11.6. The summed E-state index contributed by atoms with van der Waals surface area (Å²) >= 11 is 5.95. The minimum atomic E-state index is -3.85. The number of carbonyl (C=O) groups excluding carboxylic acids is 1. The molecule has 1 heterocycles. The number of carbonyl (C=O) groups is 1. The maximum absolute atomic E-state index is 13.5. The number of hydrogen-bond donors (Lipinski definition) is 1. The van der Waals surface area contributed by atoms with Crippen molar-refractivity contribution in [1.82, 2.24) is 4.31 Å². The summed E-state index contributed by atoms with van der Waals surface area (Å²) in [6.45, 7) is 1.98. The molecule has 0 atom stereocenters. The summed E-state index contributed by atoms with van der Waals surface area (Å²) in [7, 11) is -3.85. The molecule has 0 aliphatic heterocycles. The average molecular weight is 546 g/mol. The highest BCUT2D eigenvalue weighted by molar-refractivity contribution is 7.89. The number of furan rings is 1. The molecule has 9 heteroatoms. The summed E-state index contributed by atoms with van der Waals surface area (Å²) in [4.78, 5) is 12.8. The molecule has 0 spiro atoms. The number of anilines is 1. The third kappa shape index (κ3) is 6.78. The molecule has 4 rings (SSSR count). The Balaban J connectivity index is 1.57. The molecule has 1 N–H and O–H groups in total. The van der Waals surface area contributed by atoms with Gasteiger partial charge in [-0.05, 0) is 55.0 Å². The predicted octanol–water partition coefficient (Wildman–Crippen LogP) is 6.18. The average Bonchev–Trinajstić information content (AvgIpc) is 3.34. The quantitative estimate of drug-likeness (QED) is 0.200. The van der Waals surface area contributed by atoms with E-state index >= 15 is 0 Å². The summed E-state index contributed by atoms with van der Waals surface area (Å²) < 4.78 is 34.2. The number of hydrogen-bond acceptors (Lipinski definition) is 5. The Hall–Kier alpha value is -4.16. The lowest BCUT2D eigenvalue weighted by Gasteiger charge is -2.21. The van der Waals surface area contributed by atoms with Crippen LogP contribution in [0.2, 0.25) is 5.02 Å². The summed E-state index contributed by atoms with van der Waals surface area (Å²) in [5.74, 6) is -0.0269. The van der Waals surface area contributed by atoms with Crippen LogP contribution in [0.1, 0.15) is 22.6 Å². The zero-order valence-electron chi connectivity index (χ0n) is 20.5. The zero-order chi connectivity index (χ0) is 27.1. The third-order valence-corrected chi connectivity index (χ3v) is 7.65. The van der Waals surface area contributed by atoms with Crippen LogP contribution in [0.4, 0.5) is 5.69 Å². The van der Waals surface area contributed by atoms with E-state index in [9.17, 15) is 18.5 Å². The lowest BCUT2D eigenvalue weighted by molar-refractivity contribution is -0.112. The molecule has 0 unspecified atom stereocenters. The highest BCUT2D eigenvalue weighted by Gasteiger charge is 2.26. The van der Waals surface area contributed by atoms with Gasteiger partial charge in [0, 0.05) is 23.3 Å². The van der Waals surface area contributed by atoms with E-state index in [1.807, 2.05) is 43.3 Å². The van der Waals surface area contributed by atoms with Crippen molar-refractivity contribution in [2.75, 3.05) is 5.32 Å². The number of halogens is 1. The number of amides is 1. The second-order valence-corrected chi connectivity index (χ2v) is 10.9. The second kappa shape index (κ2) is 11.9. The SMILES string of the molecule is Cc1ccc(S(=O)(=O)N(Cc2ccccc2)Cc2ccc(/C=C(/C#N)C(=O)Nc3cccc(Cl)c3)o2)cc1. The van der Waals surface area contributed by atoms with Gasteiger partial charge in [-0.2, -0.15) is 9.57 Å². The second-order valence-electron chi connectivity index (χ2n) is 8.51. The van der Waals surface area contributed by atoms with E-state index in [0.29, 0.717) is 16.5 Å². The van der Waals surface area contributed by atoms with Crippen LogP contribution in [0.15, 0.2) is 106 Å². The molecule has 0 fully saturated rings. The molecule has 192 valence electrons. The highest BCUT2D eigenvalue weighted by atomic mass is 35.5. The molecule has 0 aliphatic carbocycles. The predicted molar refractivity (Wildman–Crippen MR) is 146 cm³/mol. The van der Waals surface area contributed by atoms with E-state index in [0.717, 1.165) is 11.1 Å². The molecule has 38 heavy (non-hydrogen) atoms. The molecule has 0 aliphatic rings. The molecule has 1 amide bonds. The maximum atomic E-state index is 13.5. The Labute approximate surface area is 226 Å². The van der Waals surface area contributed by atoms with Gasteiger partial charge in [0.2, 0.25) is 10.0 Å². The van der Waals surface area contributed by atoms with Gasteiger partial charge in [-0.15, -0.1) is 0 Å². The van der Waals surface area contributed by atoms with Crippen LogP contribution in [0.3, 0.4) is 0 Å². The lowest BCUT2D eigenvalue weighted by Crippen LogP contribution is -2.30. The van der Waals surface area contributed by atoms with E-state index in [2.05, 4.69) is 5.32 Å². The van der Waals surface area contributed by atoms with Gasteiger partial charge in [0.1, 0.15) is 23.2 Å². The maximum Gasteiger partial charge on any atom is 0.266 e. The Morgan fingerprint density at radius 3 is 2.42 bits per heavy atom. The van der Waals surface area contributed by atoms with Gasteiger partial charge in [-0.25, -0.2) is 8.42 Å². The van der Waals surface area contributed by atoms with E-state index in [1.54, 1.807) is 60.7 Å². The molecule has 4 aromatic rings. The van der Waals surface area contributed by atoms with Gasteiger partial charge in [0.05, 0.1) is 11.4 Å². The number of nitriles is 1. The summed E-state index contributed by atoms with van der Waals surface area (Å²) in [5, 5.41) is 12.6. The lowest BCUT2D eigenvalue weighted by atomic mass is 10.2. The number of benzene rings is 3. The van der Waals surface area contributed by atoms with Gasteiger partial charge in [0.25, 0.3) is 5.91 Å². The van der Waals surface area contributed by atoms with Crippen molar-refractivity contribution in [2.45, 2.75) is 24.9 Å². The Bertz CT molecular complexity index is 1610.